The first-order valence-corrected chi connectivity index (χ1v) is 10.5. The van der Waals surface area contributed by atoms with Gasteiger partial charge in [0.15, 0.2) is 0 Å². The summed E-state index contributed by atoms with van der Waals surface area (Å²) in [5, 5.41) is 5.64. The smallest absolute Gasteiger partial charge is 0.319 e. The zero-order valence-electron chi connectivity index (χ0n) is 16.8. The van der Waals surface area contributed by atoms with Crippen molar-refractivity contribution in [2.24, 2.45) is 5.92 Å². The number of rotatable bonds is 4. The summed E-state index contributed by atoms with van der Waals surface area (Å²) < 4.78 is 0. The van der Waals surface area contributed by atoms with Gasteiger partial charge in [-0.05, 0) is 62.1 Å². The number of urea groups is 1. The molecule has 28 heavy (non-hydrogen) atoms. The van der Waals surface area contributed by atoms with Gasteiger partial charge in [0.25, 0.3) is 0 Å². The zero-order chi connectivity index (χ0) is 19.7. The van der Waals surface area contributed by atoms with Gasteiger partial charge in [-0.2, -0.15) is 0 Å². The highest BCUT2D eigenvalue weighted by Crippen LogP contribution is 2.35. The summed E-state index contributed by atoms with van der Waals surface area (Å²) >= 11 is 0. The molecular weight excluding hydrogens is 350 g/mol. The van der Waals surface area contributed by atoms with E-state index >= 15 is 0 Å². The lowest BCUT2D eigenvalue weighted by Crippen LogP contribution is -2.47. The Balaban J connectivity index is 1.42. The fourth-order valence-electron chi connectivity index (χ4n) is 4.62. The predicted molar refractivity (Wildman–Crippen MR) is 113 cm³/mol. The number of benzene rings is 2. The van der Waals surface area contributed by atoms with Gasteiger partial charge in [0, 0.05) is 43.2 Å². The Bertz CT molecular complexity index is 886. The molecule has 1 heterocycles. The summed E-state index contributed by atoms with van der Waals surface area (Å²) in [4.78, 5) is 29.1. The number of hydrogen-bond acceptors (Lipinski definition) is 2. The third-order valence-electron chi connectivity index (χ3n) is 6.30. The van der Waals surface area contributed by atoms with E-state index in [1.165, 1.54) is 16.5 Å². The van der Waals surface area contributed by atoms with Crippen molar-refractivity contribution < 1.29 is 9.59 Å². The number of nitrogens with one attached hydrogen (secondary N) is 1. The molecule has 1 aliphatic heterocycles. The number of amides is 3. The highest BCUT2D eigenvalue weighted by molar-refractivity contribution is 6.05. The van der Waals surface area contributed by atoms with Crippen molar-refractivity contribution in [1.29, 1.82) is 0 Å². The second kappa shape index (κ2) is 7.82. The molecule has 1 aliphatic carbocycles. The number of carbonyl (C=O) groups is 2. The van der Waals surface area contributed by atoms with E-state index in [0.717, 1.165) is 49.8 Å². The van der Waals surface area contributed by atoms with Crippen LogP contribution in [-0.4, -0.2) is 47.9 Å². The number of nitrogens with zero attached hydrogens (tertiary/aromatic N) is 2. The predicted octanol–water partition coefficient (Wildman–Crippen LogP) is 4.05. The Labute approximate surface area is 166 Å². The van der Waals surface area contributed by atoms with Gasteiger partial charge in [0.2, 0.25) is 5.91 Å². The molecule has 1 fully saturated rings. The molecule has 2 aliphatic rings. The molecule has 3 amide bonds. The van der Waals surface area contributed by atoms with Crippen molar-refractivity contribution in [1.82, 2.24) is 9.80 Å². The maximum Gasteiger partial charge on any atom is 0.319 e. The Kier molecular flexibility index (Phi) is 5.25. The van der Waals surface area contributed by atoms with E-state index < -0.39 is 0 Å². The van der Waals surface area contributed by atoms with Crippen molar-refractivity contribution in [3.63, 3.8) is 0 Å². The van der Waals surface area contributed by atoms with Crippen LogP contribution in [0.3, 0.4) is 0 Å². The number of likely N-dealkylation sites (tertiary alicyclic amines) is 1. The monoisotopic (exact) mass is 379 g/mol. The van der Waals surface area contributed by atoms with Crippen LogP contribution in [0.2, 0.25) is 0 Å². The van der Waals surface area contributed by atoms with E-state index in [1.807, 2.05) is 29.7 Å². The maximum absolute atomic E-state index is 12.9. The van der Waals surface area contributed by atoms with E-state index in [1.54, 1.807) is 0 Å². The summed E-state index contributed by atoms with van der Waals surface area (Å²) in [5.41, 5.74) is 3.67. The molecule has 1 saturated heterocycles. The fraction of sp³-hybridized carbons (Fsp3) is 0.478. The van der Waals surface area contributed by atoms with Gasteiger partial charge in [-0.1, -0.05) is 24.3 Å². The minimum atomic E-state index is -0.0382. The minimum Gasteiger partial charge on any atom is -0.325 e. The second-order valence-corrected chi connectivity index (χ2v) is 7.82. The molecule has 0 saturated carbocycles. The number of piperidine rings is 1. The molecule has 4 rings (SSSR count). The summed E-state index contributed by atoms with van der Waals surface area (Å²) in [5.74, 6) is 0.0393. The van der Waals surface area contributed by atoms with E-state index in [-0.39, 0.29) is 17.9 Å². The molecule has 2 aromatic rings. The highest BCUT2D eigenvalue weighted by atomic mass is 16.2. The van der Waals surface area contributed by atoms with Crippen molar-refractivity contribution in [2.75, 3.05) is 31.5 Å². The molecule has 0 unspecified atom stereocenters. The molecule has 0 radical (unpaired) electrons. The summed E-state index contributed by atoms with van der Waals surface area (Å²) in [7, 11) is 0. The fourth-order valence-corrected chi connectivity index (χ4v) is 4.62. The zero-order valence-corrected chi connectivity index (χ0v) is 16.8. The molecule has 148 valence electrons. The van der Waals surface area contributed by atoms with Crippen LogP contribution in [0, 0.1) is 5.92 Å². The molecule has 0 spiro atoms. The van der Waals surface area contributed by atoms with Crippen LogP contribution in [0.25, 0.3) is 10.8 Å². The van der Waals surface area contributed by atoms with Gasteiger partial charge >= 0.3 is 6.03 Å². The van der Waals surface area contributed by atoms with Crippen molar-refractivity contribution in [3.05, 3.63) is 41.5 Å². The lowest BCUT2D eigenvalue weighted by molar-refractivity contribution is -0.121. The van der Waals surface area contributed by atoms with Crippen molar-refractivity contribution in [3.8, 4) is 0 Å². The van der Waals surface area contributed by atoms with Gasteiger partial charge in [-0.25, -0.2) is 4.79 Å². The normalized spacial score (nSPS) is 16.4. The number of hydrogen-bond donors (Lipinski definition) is 1. The maximum atomic E-state index is 12.9. The number of anilines is 1. The summed E-state index contributed by atoms with van der Waals surface area (Å²) in [6.45, 7) is 6.75. The van der Waals surface area contributed by atoms with Crippen molar-refractivity contribution >= 4 is 28.4 Å². The van der Waals surface area contributed by atoms with E-state index in [0.29, 0.717) is 13.1 Å². The lowest BCUT2D eigenvalue weighted by atomic mass is 9.95. The number of aryl methyl sites for hydroxylation is 2. The van der Waals surface area contributed by atoms with E-state index in [9.17, 15) is 9.59 Å². The Hall–Kier alpha value is -2.56. The van der Waals surface area contributed by atoms with Crippen LogP contribution in [0.15, 0.2) is 30.3 Å². The standard InChI is InChI=1S/C23H29N3O2/c1-3-25(4-2)23(28)26-14-12-18(13-15-26)22(27)24-20-11-10-17-9-8-16-6-5-7-19(20)21(16)17/h5-7,10-11,18H,3-4,8-9,12-15H2,1-2H3,(H,24,27). The largest absolute Gasteiger partial charge is 0.325 e. The van der Waals surface area contributed by atoms with Gasteiger partial charge < -0.3 is 15.1 Å². The summed E-state index contributed by atoms with van der Waals surface area (Å²) in [6.07, 6.45) is 3.62. The minimum absolute atomic E-state index is 0.0382. The van der Waals surface area contributed by atoms with Crippen LogP contribution < -0.4 is 5.32 Å². The molecule has 5 nitrogen and oxygen atoms in total. The molecule has 1 N–H and O–H groups in total. The van der Waals surface area contributed by atoms with Gasteiger partial charge in [-0.3, -0.25) is 4.79 Å². The second-order valence-electron chi connectivity index (χ2n) is 7.82. The number of carbonyl (C=O) groups excluding carboxylic acids is 2. The molecule has 0 bridgehead atoms. The lowest BCUT2D eigenvalue weighted by Gasteiger charge is -2.34. The molecule has 0 aromatic heterocycles. The van der Waals surface area contributed by atoms with Crippen LogP contribution in [-0.2, 0) is 17.6 Å². The van der Waals surface area contributed by atoms with Gasteiger partial charge in [-0.15, -0.1) is 0 Å². The van der Waals surface area contributed by atoms with Crippen LogP contribution >= 0.6 is 0 Å². The third-order valence-corrected chi connectivity index (χ3v) is 6.30. The van der Waals surface area contributed by atoms with Crippen molar-refractivity contribution in [2.45, 2.75) is 39.5 Å². The van der Waals surface area contributed by atoms with Gasteiger partial charge in [0.1, 0.15) is 0 Å². The van der Waals surface area contributed by atoms with E-state index in [2.05, 4.69) is 29.6 Å². The average molecular weight is 380 g/mol. The third kappa shape index (κ3) is 3.34. The first-order chi connectivity index (χ1) is 13.6. The molecule has 5 heteroatoms. The van der Waals surface area contributed by atoms with Crippen LogP contribution in [0.1, 0.15) is 37.8 Å². The highest BCUT2D eigenvalue weighted by Gasteiger charge is 2.29. The summed E-state index contributed by atoms with van der Waals surface area (Å²) in [6, 6.07) is 10.7. The SMILES string of the molecule is CCN(CC)C(=O)N1CCC(C(=O)Nc2ccc3c4c(cccc24)CC3)CC1. The first-order valence-electron chi connectivity index (χ1n) is 10.5. The Morgan fingerprint density at radius 1 is 1.04 bits per heavy atom. The Morgan fingerprint density at radius 2 is 1.71 bits per heavy atom. The first kappa shape index (κ1) is 18.8. The molecule has 0 atom stereocenters. The van der Waals surface area contributed by atoms with Crippen LogP contribution in [0.4, 0.5) is 10.5 Å². The quantitative estimate of drug-likeness (QED) is 0.871. The van der Waals surface area contributed by atoms with Crippen LogP contribution in [0.5, 0.6) is 0 Å². The topological polar surface area (TPSA) is 52.7 Å². The molecule has 2 aromatic carbocycles. The van der Waals surface area contributed by atoms with E-state index in [4.69, 9.17) is 0 Å². The van der Waals surface area contributed by atoms with Gasteiger partial charge in [0.05, 0.1) is 0 Å². The Morgan fingerprint density at radius 3 is 2.39 bits per heavy atom. The molecular formula is C23H29N3O2. The average Bonchev–Trinajstić information content (AvgIpc) is 3.15.